The van der Waals surface area contributed by atoms with E-state index in [0.717, 1.165) is 6.42 Å². The van der Waals surface area contributed by atoms with E-state index >= 15 is 0 Å². The Bertz CT molecular complexity index is 136. The van der Waals surface area contributed by atoms with E-state index in [9.17, 15) is 4.79 Å². The maximum absolute atomic E-state index is 10.9. The van der Waals surface area contributed by atoms with Gasteiger partial charge in [0, 0.05) is 6.04 Å². The molecule has 0 aliphatic heterocycles. The lowest BCUT2D eigenvalue weighted by atomic mass is 10.4. The zero-order valence-electron chi connectivity index (χ0n) is 6.48. The minimum atomic E-state index is 0.108. The van der Waals surface area contributed by atoms with Crippen LogP contribution in [0.4, 0.5) is 0 Å². The lowest BCUT2D eigenvalue weighted by Gasteiger charge is -2.01. The normalized spacial score (nSPS) is 29.8. The number of likely N-dealkylation sites (N-methyl/N-ethyl adjacent to an activating group) is 1. The van der Waals surface area contributed by atoms with E-state index < -0.39 is 0 Å². The van der Waals surface area contributed by atoms with Crippen molar-refractivity contribution in [3.63, 3.8) is 0 Å². The van der Waals surface area contributed by atoms with E-state index in [2.05, 4.69) is 17.6 Å². The van der Waals surface area contributed by atoms with Gasteiger partial charge in [0.1, 0.15) is 0 Å². The second kappa shape index (κ2) is 3.01. The minimum absolute atomic E-state index is 0.108. The third kappa shape index (κ3) is 1.99. The fourth-order valence-corrected chi connectivity index (χ4v) is 0.942. The average molecular weight is 142 g/mol. The Hall–Kier alpha value is -0.570. The van der Waals surface area contributed by atoms with Gasteiger partial charge < -0.3 is 10.6 Å². The zero-order chi connectivity index (χ0) is 7.56. The zero-order valence-corrected chi connectivity index (χ0v) is 6.48. The number of rotatable bonds is 3. The Balaban J connectivity index is 2.07. The Morgan fingerprint density at radius 1 is 1.70 bits per heavy atom. The van der Waals surface area contributed by atoms with Crippen LogP contribution < -0.4 is 10.6 Å². The molecule has 0 spiro atoms. The monoisotopic (exact) mass is 142 g/mol. The number of amides is 1. The summed E-state index contributed by atoms with van der Waals surface area (Å²) in [4.78, 5) is 10.9. The first-order valence-corrected chi connectivity index (χ1v) is 3.68. The number of nitrogens with one attached hydrogen (secondary N) is 2. The molecule has 0 aromatic carbocycles. The predicted molar refractivity (Wildman–Crippen MR) is 39.6 cm³/mol. The molecule has 0 radical (unpaired) electrons. The predicted octanol–water partition coefficient (Wildman–Crippen LogP) is -0.270. The van der Waals surface area contributed by atoms with Crippen molar-refractivity contribution in [3.8, 4) is 0 Å². The molecule has 3 nitrogen and oxygen atoms in total. The van der Waals surface area contributed by atoms with Crippen LogP contribution in [0, 0.1) is 5.92 Å². The van der Waals surface area contributed by atoms with Gasteiger partial charge in [0.2, 0.25) is 5.91 Å². The SMILES string of the molecule is CNCC(=O)NC1CC1C. The third-order valence-corrected chi connectivity index (χ3v) is 1.79. The van der Waals surface area contributed by atoms with Crippen LogP contribution in [0.5, 0.6) is 0 Å². The number of carbonyl (C=O) groups is 1. The third-order valence-electron chi connectivity index (χ3n) is 1.79. The fourth-order valence-electron chi connectivity index (χ4n) is 0.942. The lowest BCUT2D eigenvalue weighted by molar-refractivity contribution is -0.120. The van der Waals surface area contributed by atoms with E-state index in [1.54, 1.807) is 7.05 Å². The quantitative estimate of drug-likeness (QED) is 0.569. The molecule has 3 heteroatoms. The van der Waals surface area contributed by atoms with Gasteiger partial charge in [0.25, 0.3) is 0 Å². The van der Waals surface area contributed by atoms with Crippen LogP contribution >= 0.6 is 0 Å². The largest absolute Gasteiger partial charge is 0.352 e. The molecule has 1 amide bonds. The molecular weight excluding hydrogens is 128 g/mol. The summed E-state index contributed by atoms with van der Waals surface area (Å²) in [6, 6.07) is 0.459. The first kappa shape index (κ1) is 7.54. The fraction of sp³-hybridized carbons (Fsp3) is 0.857. The van der Waals surface area contributed by atoms with E-state index in [0.29, 0.717) is 18.5 Å². The van der Waals surface area contributed by atoms with Gasteiger partial charge in [-0.05, 0) is 19.4 Å². The molecule has 1 aliphatic rings. The van der Waals surface area contributed by atoms with Gasteiger partial charge in [-0.15, -0.1) is 0 Å². The van der Waals surface area contributed by atoms with Crippen LogP contribution in [0.2, 0.25) is 0 Å². The number of hydrogen-bond acceptors (Lipinski definition) is 2. The van der Waals surface area contributed by atoms with Crippen molar-refractivity contribution < 1.29 is 4.79 Å². The molecule has 0 aromatic rings. The molecule has 10 heavy (non-hydrogen) atoms. The first-order chi connectivity index (χ1) is 4.74. The maximum atomic E-state index is 10.9. The molecule has 2 atom stereocenters. The van der Waals surface area contributed by atoms with Gasteiger partial charge in [0.05, 0.1) is 6.54 Å². The Morgan fingerprint density at radius 2 is 2.30 bits per heavy atom. The molecule has 1 fully saturated rings. The summed E-state index contributed by atoms with van der Waals surface area (Å²) < 4.78 is 0. The molecule has 0 aromatic heterocycles. The van der Waals surface area contributed by atoms with E-state index in [4.69, 9.17) is 0 Å². The Labute approximate surface area is 61.2 Å². The average Bonchev–Trinajstić information content (AvgIpc) is 2.47. The highest BCUT2D eigenvalue weighted by molar-refractivity contribution is 5.78. The second-order valence-electron chi connectivity index (χ2n) is 2.92. The molecular formula is C7H14N2O. The maximum Gasteiger partial charge on any atom is 0.234 e. The van der Waals surface area contributed by atoms with Crippen molar-refractivity contribution in [3.05, 3.63) is 0 Å². The summed E-state index contributed by atoms with van der Waals surface area (Å²) in [6.45, 7) is 2.58. The Kier molecular flexibility index (Phi) is 2.27. The molecule has 0 saturated heterocycles. The van der Waals surface area contributed by atoms with Crippen LogP contribution in [0.25, 0.3) is 0 Å². The van der Waals surface area contributed by atoms with Crippen molar-refractivity contribution in [1.29, 1.82) is 0 Å². The summed E-state index contributed by atoms with van der Waals surface area (Å²) in [5, 5.41) is 5.71. The van der Waals surface area contributed by atoms with E-state index in [1.165, 1.54) is 0 Å². The van der Waals surface area contributed by atoms with E-state index in [1.807, 2.05) is 0 Å². The molecule has 1 aliphatic carbocycles. The van der Waals surface area contributed by atoms with Crippen molar-refractivity contribution in [2.45, 2.75) is 19.4 Å². The van der Waals surface area contributed by atoms with Gasteiger partial charge in [-0.25, -0.2) is 0 Å². The molecule has 1 saturated carbocycles. The summed E-state index contributed by atoms with van der Waals surface area (Å²) in [7, 11) is 1.77. The molecule has 0 heterocycles. The minimum Gasteiger partial charge on any atom is -0.352 e. The van der Waals surface area contributed by atoms with Crippen molar-refractivity contribution in [2.75, 3.05) is 13.6 Å². The summed E-state index contributed by atoms with van der Waals surface area (Å²) >= 11 is 0. The standard InChI is InChI=1S/C7H14N2O/c1-5-3-6(5)9-7(10)4-8-2/h5-6,8H,3-4H2,1-2H3,(H,9,10). The van der Waals surface area contributed by atoms with Crippen LogP contribution in [0.15, 0.2) is 0 Å². The second-order valence-corrected chi connectivity index (χ2v) is 2.92. The summed E-state index contributed by atoms with van der Waals surface area (Å²) in [5.74, 6) is 0.803. The van der Waals surface area contributed by atoms with Crippen molar-refractivity contribution in [1.82, 2.24) is 10.6 Å². The van der Waals surface area contributed by atoms with Crippen LogP contribution in [0.3, 0.4) is 0 Å². The lowest BCUT2D eigenvalue weighted by Crippen LogP contribution is -2.34. The van der Waals surface area contributed by atoms with Gasteiger partial charge in [-0.3, -0.25) is 4.79 Å². The highest BCUT2D eigenvalue weighted by Crippen LogP contribution is 2.28. The molecule has 0 bridgehead atoms. The van der Waals surface area contributed by atoms with Gasteiger partial charge in [-0.1, -0.05) is 6.92 Å². The highest BCUT2D eigenvalue weighted by Gasteiger charge is 2.33. The molecule has 1 rings (SSSR count). The highest BCUT2D eigenvalue weighted by atomic mass is 16.2. The Morgan fingerprint density at radius 3 is 2.70 bits per heavy atom. The van der Waals surface area contributed by atoms with E-state index in [-0.39, 0.29) is 5.91 Å². The van der Waals surface area contributed by atoms with Crippen molar-refractivity contribution in [2.24, 2.45) is 5.92 Å². The van der Waals surface area contributed by atoms with Crippen LogP contribution in [0.1, 0.15) is 13.3 Å². The topological polar surface area (TPSA) is 41.1 Å². The molecule has 2 N–H and O–H groups in total. The first-order valence-electron chi connectivity index (χ1n) is 3.68. The van der Waals surface area contributed by atoms with Crippen LogP contribution in [-0.4, -0.2) is 25.5 Å². The van der Waals surface area contributed by atoms with Crippen molar-refractivity contribution >= 4 is 5.91 Å². The smallest absolute Gasteiger partial charge is 0.234 e. The molecule has 58 valence electrons. The number of hydrogen-bond donors (Lipinski definition) is 2. The van der Waals surface area contributed by atoms with Gasteiger partial charge in [-0.2, -0.15) is 0 Å². The van der Waals surface area contributed by atoms with Gasteiger partial charge in [0.15, 0.2) is 0 Å². The number of carbonyl (C=O) groups excluding carboxylic acids is 1. The molecule has 2 unspecified atom stereocenters. The van der Waals surface area contributed by atoms with Gasteiger partial charge >= 0.3 is 0 Å². The summed E-state index contributed by atoms with van der Waals surface area (Å²) in [6.07, 6.45) is 1.15. The van der Waals surface area contributed by atoms with Crippen LogP contribution in [-0.2, 0) is 4.79 Å². The summed E-state index contributed by atoms with van der Waals surface area (Å²) in [5.41, 5.74) is 0.